The Morgan fingerprint density at radius 3 is 3.17 bits per heavy atom. The Hall–Kier alpha value is -1.46. The lowest BCUT2D eigenvalue weighted by Crippen LogP contribution is -2.41. The Morgan fingerprint density at radius 2 is 2.38 bits per heavy atom. The fourth-order valence-electron chi connectivity index (χ4n) is 4.45. The molecule has 5 heteroatoms. The van der Waals surface area contributed by atoms with Gasteiger partial charge >= 0.3 is 0 Å². The number of aromatic nitrogens is 1. The number of hydrogen-bond acceptors (Lipinski definition) is 4. The summed E-state index contributed by atoms with van der Waals surface area (Å²) in [5, 5.41) is 3.06. The van der Waals surface area contributed by atoms with Crippen LogP contribution in [0.2, 0.25) is 0 Å². The molecule has 1 aliphatic heterocycles. The van der Waals surface area contributed by atoms with Gasteiger partial charge in [-0.05, 0) is 49.8 Å². The van der Waals surface area contributed by atoms with Gasteiger partial charge in [-0.2, -0.15) is 0 Å². The molecule has 5 nitrogen and oxygen atoms in total. The van der Waals surface area contributed by atoms with E-state index in [2.05, 4.69) is 28.2 Å². The van der Waals surface area contributed by atoms with Crippen LogP contribution in [0.5, 0.6) is 0 Å². The Morgan fingerprint density at radius 1 is 1.50 bits per heavy atom. The fourth-order valence-corrected chi connectivity index (χ4v) is 4.45. The van der Waals surface area contributed by atoms with Crippen LogP contribution in [0.4, 0.5) is 0 Å². The summed E-state index contributed by atoms with van der Waals surface area (Å²) in [6, 6.07) is 4.11. The molecule has 1 aromatic rings. The second-order valence-corrected chi connectivity index (χ2v) is 7.32. The van der Waals surface area contributed by atoms with Crippen molar-refractivity contribution in [2.24, 2.45) is 11.3 Å². The Balaban J connectivity index is 1.62. The van der Waals surface area contributed by atoms with Crippen molar-refractivity contribution in [1.29, 1.82) is 0 Å². The van der Waals surface area contributed by atoms with Crippen LogP contribution in [0, 0.1) is 18.3 Å². The van der Waals surface area contributed by atoms with E-state index in [1.54, 1.807) is 7.11 Å². The summed E-state index contributed by atoms with van der Waals surface area (Å²) in [5.74, 6) is 0.379. The normalized spacial score (nSPS) is 27.0. The molecule has 2 fully saturated rings. The van der Waals surface area contributed by atoms with Crippen molar-refractivity contribution < 1.29 is 9.53 Å². The maximum Gasteiger partial charge on any atom is 0.223 e. The molecule has 0 bridgehead atoms. The lowest BCUT2D eigenvalue weighted by atomic mass is 9.76. The molecule has 1 spiro atoms. The molecule has 1 saturated carbocycles. The summed E-state index contributed by atoms with van der Waals surface area (Å²) in [5.41, 5.74) is 2.58. The first kappa shape index (κ1) is 17.4. The van der Waals surface area contributed by atoms with E-state index in [4.69, 9.17) is 4.74 Å². The van der Waals surface area contributed by atoms with E-state index in [9.17, 15) is 4.79 Å². The quantitative estimate of drug-likeness (QED) is 0.812. The van der Waals surface area contributed by atoms with Crippen LogP contribution in [-0.4, -0.2) is 49.1 Å². The van der Waals surface area contributed by atoms with Gasteiger partial charge in [-0.25, -0.2) is 0 Å². The van der Waals surface area contributed by atoms with Gasteiger partial charge in [0.05, 0.1) is 12.3 Å². The van der Waals surface area contributed by atoms with E-state index < -0.39 is 0 Å². The number of carbonyl (C=O) groups excluding carboxylic acids is 1. The second kappa shape index (κ2) is 7.62. The molecule has 132 valence electrons. The molecular formula is C19H29N3O2. The van der Waals surface area contributed by atoms with Crippen molar-refractivity contribution in [1.82, 2.24) is 15.2 Å². The van der Waals surface area contributed by atoms with Crippen LogP contribution >= 0.6 is 0 Å². The van der Waals surface area contributed by atoms with E-state index in [0.717, 1.165) is 38.2 Å². The molecular weight excluding hydrogens is 302 g/mol. The van der Waals surface area contributed by atoms with Crippen molar-refractivity contribution in [3.8, 4) is 0 Å². The lowest BCUT2D eigenvalue weighted by Gasteiger charge is -2.30. The standard InChI is InChI=1S/C19H29N3O2/c1-15-5-4-9-20-17(15)13-22-11-8-19(14-22)7-3-6-16(19)18(23)21-10-12-24-2/h4-5,9,16H,3,6-8,10-14H2,1-2H3,(H,21,23)/t16-,19-/m1/s1. The number of rotatable bonds is 6. The number of likely N-dealkylation sites (tertiary alicyclic amines) is 1. The third-order valence-electron chi connectivity index (χ3n) is 5.78. The number of pyridine rings is 1. The van der Waals surface area contributed by atoms with Crippen molar-refractivity contribution in [2.45, 2.75) is 39.2 Å². The maximum atomic E-state index is 12.6. The zero-order valence-electron chi connectivity index (χ0n) is 14.9. The summed E-state index contributed by atoms with van der Waals surface area (Å²) in [6.45, 7) is 6.29. The summed E-state index contributed by atoms with van der Waals surface area (Å²) in [6.07, 6.45) is 6.36. The minimum absolute atomic E-state index is 0.157. The molecule has 1 aromatic heterocycles. The van der Waals surface area contributed by atoms with E-state index in [1.807, 2.05) is 12.3 Å². The van der Waals surface area contributed by atoms with Crippen LogP contribution in [-0.2, 0) is 16.1 Å². The molecule has 2 aliphatic rings. The number of nitrogens with one attached hydrogen (secondary N) is 1. The van der Waals surface area contributed by atoms with Gasteiger partial charge < -0.3 is 10.1 Å². The smallest absolute Gasteiger partial charge is 0.223 e. The largest absolute Gasteiger partial charge is 0.383 e. The summed E-state index contributed by atoms with van der Waals surface area (Å²) >= 11 is 0. The molecule has 1 amide bonds. The Kier molecular flexibility index (Phi) is 5.51. The number of amides is 1. The zero-order valence-corrected chi connectivity index (χ0v) is 14.9. The average Bonchev–Trinajstić information content (AvgIpc) is 3.17. The van der Waals surface area contributed by atoms with Gasteiger partial charge in [-0.15, -0.1) is 0 Å². The highest BCUT2D eigenvalue weighted by molar-refractivity contribution is 5.80. The highest BCUT2D eigenvalue weighted by atomic mass is 16.5. The number of nitrogens with zero attached hydrogens (tertiary/aromatic N) is 2. The lowest BCUT2D eigenvalue weighted by molar-refractivity contribution is -0.128. The SMILES string of the molecule is COCCNC(=O)[C@H]1CCC[C@]12CCN(Cc1ncccc1C)C2. The number of methoxy groups -OCH3 is 1. The molecule has 1 saturated heterocycles. The minimum atomic E-state index is 0.157. The predicted octanol–water partition coefficient (Wildman–Crippen LogP) is 2.14. The first-order valence-electron chi connectivity index (χ1n) is 9.04. The van der Waals surface area contributed by atoms with Crippen molar-refractivity contribution in [2.75, 3.05) is 33.4 Å². The van der Waals surface area contributed by atoms with E-state index >= 15 is 0 Å². The Labute approximate surface area is 144 Å². The van der Waals surface area contributed by atoms with Gasteiger partial charge in [-0.3, -0.25) is 14.7 Å². The van der Waals surface area contributed by atoms with Crippen LogP contribution in [0.1, 0.15) is 36.9 Å². The molecule has 2 heterocycles. The molecule has 2 atom stereocenters. The number of carbonyl (C=O) groups is 1. The third kappa shape index (κ3) is 3.62. The van der Waals surface area contributed by atoms with E-state index in [-0.39, 0.29) is 17.2 Å². The minimum Gasteiger partial charge on any atom is -0.383 e. The van der Waals surface area contributed by atoms with Gasteiger partial charge in [0.2, 0.25) is 5.91 Å². The summed E-state index contributed by atoms with van der Waals surface area (Å²) in [7, 11) is 1.66. The number of aryl methyl sites for hydroxylation is 1. The molecule has 0 aromatic carbocycles. The average molecular weight is 331 g/mol. The van der Waals surface area contributed by atoms with E-state index in [1.165, 1.54) is 18.4 Å². The number of ether oxygens (including phenoxy) is 1. The highest BCUT2D eigenvalue weighted by Crippen LogP contribution is 2.50. The molecule has 3 rings (SSSR count). The maximum absolute atomic E-state index is 12.6. The van der Waals surface area contributed by atoms with Crippen molar-refractivity contribution in [3.63, 3.8) is 0 Å². The first-order valence-corrected chi connectivity index (χ1v) is 9.04. The van der Waals surface area contributed by atoms with Gasteiger partial charge in [-0.1, -0.05) is 12.5 Å². The van der Waals surface area contributed by atoms with Gasteiger partial charge in [0.1, 0.15) is 0 Å². The van der Waals surface area contributed by atoms with Crippen LogP contribution in [0.15, 0.2) is 18.3 Å². The van der Waals surface area contributed by atoms with Crippen LogP contribution < -0.4 is 5.32 Å². The van der Waals surface area contributed by atoms with Crippen molar-refractivity contribution >= 4 is 5.91 Å². The van der Waals surface area contributed by atoms with Gasteiger partial charge in [0.15, 0.2) is 0 Å². The van der Waals surface area contributed by atoms with Gasteiger partial charge in [0.25, 0.3) is 0 Å². The van der Waals surface area contributed by atoms with Crippen molar-refractivity contribution in [3.05, 3.63) is 29.6 Å². The molecule has 1 aliphatic carbocycles. The molecule has 24 heavy (non-hydrogen) atoms. The van der Waals surface area contributed by atoms with E-state index in [0.29, 0.717) is 13.2 Å². The number of hydrogen-bond donors (Lipinski definition) is 1. The summed E-state index contributed by atoms with van der Waals surface area (Å²) in [4.78, 5) is 19.6. The first-order chi connectivity index (χ1) is 11.6. The zero-order chi connectivity index (χ0) is 17.0. The predicted molar refractivity (Wildman–Crippen MR) is 93.5 cm³/mol. The third-order valence-corrected chi connectivity index (χ3v) is 5.78. The van der Waals surface area contributed by atoms with Gasteiger partial charge in [0, 0.05) is 38.9 Å². The molecule has 0 radical (unpaired) electrons. The second-order valence-electron chi connectivity index (χ2n) is 7.32. The topological polar surface area (TPSA) is 54.5 Å². The Bertz CT molecular complexity index is 577. The highest BCUT2D eigenvalue weighted by Gasteiger charge is 2.50. The van der Waals surface area contributed by atoms with Crippen LogP contribution in [0.3, 0.4) is 0 Å². The molecule has 1 N–H and O–H groups in total. The molecule has 0 unspecified atom stereocenters. The summed E-state index contributed by atoms with van der Waals surface area (Å²) < 4.78 is 5.04. The fraction of sp³-hybridized carbons (Fsp3) is 0.684. The van der Waals surface area contributed by atoms with Crippen LogP contribution in [0.25, 0.3) is 0 Å². The monoisotopic (exact) mass is 331 g/mol.